The van der Waals surface area contributed by atoms with Crippen LogP contribution >= 0.6 is 15.9 Å². The molecule has 1 spiro atoms. The highest BCUT2D eigenvalue weighted by Gasteiger charge is 2.35. The normalized spacial score (nSPS) is 26.7. The average molecular weight is 316 g/mol. The first kappa shape index (κ1) is 14.8. The number of nitrogens with zero attached hydrogens (tertiary/aromatic N) is 1. The molecule has 0 aromatic carbocycles. The molecule has 2 aliphatic rings. The van der Waals surface area contributed by atoms with Gasteiger partial charge in [-0.25, -0.2) is 0 Å². The smallest absolute Gasteiger partial charge is 0.00743 e. The summed E-state index contributed by atoms with van der Waals surface area (Å²) in [5.74, 6) is 1.63. The van der Waals surface area contributed by atoms with Gasteiger partial charge in [0.05, 0.1) is 0 Å². The lowest BCUT2D eigenvalue weighted by atomic mass is 9.68. The molecule has 2 heteroatoms. The van der Waals surface area contributed by atoms with Crippen molar-refractivity contribution in [3.05, 3.63) is 0 Å². The van der Waals surface area contributed by atoms with E-state index >= 15 is 0 Å². The standard InChI is InChI=1S/C16H30BrN/c1-14(2)15(12-17)13-18-10-8-16(9-11-18)6-4-3-5-7-16/h14-15H,3-13H2,1-2H3. The van der Waals surface area contributed by atoms with E-state index < -0.39 is 0 Å². The summed E-state index contributed by atoms with van der Waals surface area (Å²) >= 11 is 3.69. The maximum absolute atomic E-state index is 3.69. The molecule has 1 aliphatic heterocycles. The zero-order valence-electron chi connectivity index (χ0n) is 12.3. The van der Waals surface area contributed by atoms with Crippen LogP contribution in [0, 0.1) is 17.3 Å². The van der Waals surface area contributed by atoms with Crippen molar-refractivity contribution in [3.8, 4) is 0 Å². The van der Waals surface area contributed by atoms with E-state index in [0.29, 0.717) is 0 Å². The number of halogens is 1. The fourth-order valence-electron chi connectivity index (χ4n) is 3.78. The maximum Gasteiger partial charge on any atom is 0.00743 e. The lowest BCUT2D eigenvalue weighted by Crippen LogP contribution is -2.43. The van der Waals surface area contributed by atoms with E-state index in [9.17, 15) is 0 Å². The maximum atomic E-state index is 3.69. The second-order valence-electron chi connectivity index (χ2n) is 7.02. The second-order valence-corrected chi connectivity index (χ2v) is 7.67. The lowest BCUT2D eigenvalue weighted by molar-refractivity contribution is 0.0578. The third-order valence-electron chi connectivity index (χ3n) is 5.46. The molecule has 2 rings (SSSR count). The predicted molar refractivity (Wildman–Crippen MR) is 83.3 cm³/mol. The van der Waals surface area contributed by atoms with Crippen molar-refractivity contribution < 1.29 is 0 Å². The van der Waals surface area contributed by atoms with Gasteiger partial charge in [-0.1, -0.05) is 49.0 Å². The van der Waals surface area contributed by atoms with Crippen LogP contribution in [0.3, 0.4) is 0 Å². The Bertz CT molecular complexity index is 235. The fourth-order valence-corrected chi connectivity index (χ4v) is 4.73. The molecule has 1 unspecified atom stereocenters. The number of hydrogen-bond donors (Lipinski definition) is 0. The Labute approximate surface area is 122 Å². The average Bonchev–Trinajstić information content (AvgIpc) is 2.39. The Morgan fingerprint density at radius 3 is 2.11 bits per heavy atom. The summed E-state index contributed by atoms with van der Waals surface area (Å²) in [4.78, 5) is 2.73. The summed E-state index contributed by atoms with van der Waals surface area (Å²) in [6.07, 6.45) is 10.5. The van der Waals surface area contributed by atoms with Gasteiger partial charge in [0.15, 0.2) is 0 Å². The molecule has 1 nitrogen and oxygen atoms in total. The van der Waals surface area contributed by atoms with Gasteiger partial charge in [0, 0.05) is 11.9 Å². The van der Waals surface area contributed by atoms with Crippen LogP contribution in [0.5, 0.6) is 0 Å². The van der Waals surface area contributed by atoms with Crippen LogP contribution in [0.25, 0.3) is 0 Å². The van der Waals surface area contributed by atoms with E-state index in [0.717, 1.165) is 22.6 Å². The highest BCUT2D eigenvalue weighted by Crippen LogP contribution is 2.44. The Morgan fingerprint density at radius 2 is 1.61 bits per heavy atom. The molecule has 1 aliphatic carbocycles. The van der Waals surface area contributed by atoms with Gasteiger partial charge in [0.25, 0.3) is 0 Å². The van der Waals surface area contributed by atoms with Gasteiger partial charge in [-0.2, -0.15) is 0 Å². The Morgan fingerprint density at radius 1 is 1.00 bits per heavy atom. The molecule has 0 aromatic rings. The molecule has 18 heavy (non-hydrogen) atoms. The van der Waals surface area contributed by atoms with Gasteiger partial charge >= 0.3 is 0 Å². The molecule has 2 fully saturated rings. The van der Waals surface area contributed by atoms with Crippen molar-refractivity contribution >= 4 is 15.9 Å². The second kappa shape index (κ2) is 6.74. The molecule has 1 heterocycles. The molecule has 1 saturated carbocycles. The molecular weight excluding hydrogens is 286 g/mol. The highest BCUT2D eigenvalue weighted by molar-refractivity contribution is 9.09. The molecule has 0 N–H and O–H groups in total. The van der Waals surface area contributed by atoms with Crippen molar-refractivity contribution in [2.45, 2.75) is 58.8 Å². The van der Waals surface area contributed by atoms with Gasteiger partial charge in [0.2, 0.25) is 0 Å². The van der Waals surface area contributed by atoms with Crippen LogP contribution in [-0.4, -0.2) is 29.9 Å². The van der Waals surface area contributed by atoms with E-state index in [1.54, 1.807) is 0 Å². The summed E-state index contributed by atoms with van der Waals surface area (Å²) < 4.78 is 0. The van der Waals surface area contributed by atoms with Crippen LogP contribution < -0.4 is 0 Å². The summed E-state index contributed by atoms with van der Waals surface area (Å²) in [5, 5.41) is 1.16. The molecule has 0 radical (unpaired) electrons. The first-order valence-electron chi connectivity index (χ1n) is 7.93. The van der Waals surface area contributed by atoms with Crippen molar-refractivity contribution in [1.29, 1.82) is 0 Å². The fraction of sp³-hybridized carbons (Fsp3) is 1.00. The Hall–Kier alpha value is 0.440. The van der Waals surface area contributed by atoms with Crippen molar-refractivity contribution in [3.63, 3.8) is 0 Å². The van der Waals surface area contributed by atoms with Gasteiger partial charge in [-0.15, -0.1) is 0 Å². The number of alkyl halides is 1. The van der Waals surface area contributed by atoms with E-state index in [-0.39, 0.29) is 0 Å². The minimum Gasteiger partial charge on any atom is -0.303 e. The molecule has 1 saturated heterocycles. The number of likely N-dealkylation sites (tertiary alicyclic amines) is 1. The van der Waals surface area contributed by atoms with Crippen LogP contribution in [0.1, 0.15) is 58.8 Å². The van der Waals surface area contributed by atoms with Crippen molar-refractivity contribution in [2.75, 3.05) is 25.0 Å². The third kappa shape index (κ3) is 3.72. The largest absolute Gasteiger partial charge is 0.303 e. The molecule has 106 valence electrons. The zero-order chi connectivity index (χ0) is 13.0. The first-order valence-corrected chi connectivity index (χ1v) is 9.06. The lowest BCUT2D eigenvalue weighted by Gasteiger charge is -2.45. The van der Waals surface area contributed by atoms with E-state index in [1.807, 2.05) is 0 Å². The molecule has 0 bridgehead atoms. The van der Waals surface area contributed by atoms with Gasteiger partial charge in [-0.3, -0.25) is 0 Å². The van der Waals surface area contributed by atoms with Gasteiger partial charge in [-0.05, 0) is 56.0 Å². The van der Waals surface area contributed by atoms with E-state index in [2.05, 4.69) is 34.7 Å². The van der Waals surface area contributed by atoms with Gasteiger partial charge in [0.1, 0.15) is 0 Å². The topological polar surface area (TPSA) is 3.24 Å². The van der Waals surface area contributed by atoms with Gasteiger partial charge < -0.3 is 4.90 Å². The predicted octanol–water partition coefficient (Wildman–Crippen LogP) is 4.70. The quantitative estimate of drug-likeness (QED) is 0.680. The number of rotatable bonds is 4. The van der Waals surface area contributed by atoms with Crippen LogP contribution in [-0.2, 0) is 0 Å². The highest BCUT2D eigenvalue weighted by atomic mass is 79.9. The molecule has 0 amide bonds. The minimum absolute atomic E-state index is 0.760. The summed E-state index contributed by atoms with van der Waals surface area (Å²) in [6, 6.07) is 0. The molecular formula is C16H30BrN. The molecule has 0 aromatic heterocycles. The monoisotopic (exact) mass is 315 g/mol. The molecule has 1 atom stereocenters. The van der Waals surface area contributed by atoms with E-state index in [4.69, 9.17) is 0 Å². The minimum atomic E-state index is 0.760. The first-order chi connectivity index (χ1) is 8.65. The third-order valence-corrected chi connectivity index (χ3v) is 6.30. The van der Waals surface area contributed by atoms with Crippen molar-refractivity contribution in [1.82, 2.24) is 4.90 Å². The summed E-state index contributed by atoms with van der Waals surface area (Å²) in [5.41, 5.74) is 0.760. The van der Waals surface area contributed by atoms with Crippen LogP contribution in [0.15, 0.2) is 0 Å². The number of piperidine rings is 1. The Balaban J connectivity index is 1.79. The van der Waals surface area contributed by atoms with Crippen molar-refractivity contribution in [2.24, 2.45) is 17.3 Å². The summed E-state index contributed by atoms with van der Waals surface area (Å²) in [7, 11) is 0. The van der Waals surface area contributed by atoms with Crippen LogP contribution in [0.4, 0.5) is 0 Å². The SMILES string of the molecule is CC(C)C(CBr)CN1CCC2(CCCCC2)CC1. The van der Waals surface area contributed by atoms with Crippen LogP contribution in [0.2, 0.25) is 0 Å². The van der Waals surface area contributed by atoms with E-state index in [1.165, 1.54) is 64.6 Å². The zero-order valence-corrected chi connectivity index (χ0v) is 13.8. The number of hydrogen-bond acceptors (Lipinski definition) is 1. The Kier molecular flexibility index (Phi) is 5.56. The summed E-state index contributed by atoms with van der Waals surface area (Å²) in [6.45, 7) is 8.74.